The molecule has 134 valence electrons. The third-order valence-corrected chi connectivity index (χ3v) is 7.05. The fourth-order valence-electron chi connectivity index (χ4n) is 3.23. The maximum Gasteiger partial charge on any atom is 0.222 e. The van der Waals surface area contributed by atoms with E-state index in [1.807, 2.05) is 10.7 Å². The van der Waals surface area contributed by atoms with Gasteiger partial charge in [-0.25, -0.2) is 18.4 Å². The first-order chi connectivity index (χ1) is 12.1. The van der Waals surface area contributed by atoms with Crippen molar-refractivity contribution in [3.8, 4) is 0 Å². The summed E-state index contributed by atoms with van der Waals surface area (Å²) in [6.45, 7) is 2.39. The predicted molar refractivity (Wildman–Crippen MR) is 93.2 cm³/mol. The predicted octanol–water partition coefficient (Wildman–Crippen LogP) is 1.10. The summed E-state index contributed by atoms with van der Waals surface area (Å²) in [4.78, 5) is 8.29. The second kappa shape index (κ2) is 6.72. The third-order valence-electron chi connectivity index (χ3n) is 4.74. The van der Waals surface area contributed by atoms with Crippen molar-refractivity contribution in [1.82, 2.24) is 24.1 Å². The number of fused-ring (bicyclic) bond motifs is 1. The lowest BCUT2D eigenvalue weighted by Crippen LogP contribution is -2.36. The molecule has 0 radical (unpaired) electrons. The molecule has 2 aromatic rings. The molecule has 2 aliphatic rings. The summed E-state index contributed by atoms with van der Waals surface area (Å²) in [5.41, 5.74) is 0.964. The quantitative estimate of drug-likeness (QED) is 0.827. The topological polar surface area (TPSA) is 93.0 Å². The Morgan fingerprint density at radius 2 is 1.96 bits per heavy atom. The number of aromatic nitrogens is 4. The highest BCUT2D eigenvalue weighted by Crippen LogP contribution is 2.33. The van der Waals surface area contributed by atoms with Crippen molar-refractivity contribution in [3.05, 3.63) is 36.4 Å². The molecule has 0 saturated heterocycles. The van der Waals surface area contributed by atoms with Gasteiger partial charge < -0.3 is 5.32 Å². The molecule has 0 unspecified atom stereocenters. The van der Waals surface area contributed by atoms with Crippen molar-refractivity contribution in [2.45, 2.75) is 37.6 Å². The molecule has 1 saturated carbocycles. The summed E-state index contributed by atoms with van der Waals surface area (Å²) in [7, 11) is -3.20. The average Bonchev–Trinajstić information content (AvgIpc) is 3.41. The summed E-state index contributed by atoms with van der Waals surface area (Å²) in [5.74, 6) is 0.796. The van der Waals surface area contributed by atoms with Crippen LogP contribution >= 0.6 is 0 Å². The van der Waals surface area contributed by atoms with E-state index in [2.05, 4.69) is 20.4 Å². The van der Waals surface area contributed by atoms with Crippen molar-refractivity contribution in [2.75, 3.05) is 18.4 Å². The maximum absolute atomic E-state index is 12.7. The molecule has 2 aromatic heterocycles. The van der Waals surface area contributed by atoms with Crippen LogP contribution in [0.25, 0.3) is 0 Å². The number of rotatable bonds is 6. The number of hydrogen-bond acceptors (Lipinski definition) is 6. The normalized spacial score (nSPS) is 21.5. The van der Waals surface area contributed by atoms with Gasteiger partial charge in [0.1, 0.15) is 0 Å². The van der Waals surface area contributed by atoms with Gasteiger partial charge in [0.25, 0.3) is 0 Å². The SMILES string of the molecule is O=S(=O)(C1CC1)N1Cc2ccnn2C[C@H](CCNc2ncccn2)C1. The molecule has 0 spiro atoms. The molecule has 1 N–H and O–H groups in total. The van der Waals surface area contributed by atoms with E-state index in [1.165, 1.54) is 0 Å². The van der Waals surface area contributed by atoms with E-state index >= 15 is 0 Å². The Bertz CT molecular complexity index is 818. The van der Waals surface area contributed by atoms with E-state index in [0.717, 1.165) is 31.5 Å². The first-order valence-corrected chi connectivity index (χ1v) is 10.1. The second-order valence-electron chi connectivity index (χ2n) is 6.70. The van der Waals surface area contributed by atoms with Gasteiger partial charge in [-0.15, -0.1) is 0 Å². The molecule has 1 atom stereocenters. The Hall–Kier alpha value is -2.00. The largest absolute Gasteiger partial charge is 0.354 e. The van der Waals surface area contributed by atoms with Gasteiger partial charge >= 0.3 is 0 Å². The molecule has 0 aromatic carbocycles. The summed E-state index contributed by atoms with van der Waals surface area (Å²) >= 11 is 0. The van der Waals surface area contributed by atoms with Crippen LogP contribution in [0.3, 0.4) is 0 Å². The zero-order valence-corrected chi connectivity index (χ0v) is 14.8. The van der Waals surface area contributed by atoms with Crippen LogP contribution in [0.1, 0.15) is 25.0 Å². The zero-order chi connectivity index (χ0) is 17.3. The van der Waals surface area contributed by atoms with Crippen LogP contribution < -0.4 is 5.32 Å². The molecule has 0 bridgehead atoms. The molecule has 4 rings (SSSR count). The lowest BCUT2D eigenvalue weighted by atomic mass is 10.1. The lowest BCUT2D eigenvalue weighted by Gasteiger charge is -2.23. The number of nitrogens with one attached hydrogen (secondary N) is 1. The van der Waals surface area contributed by atoms with Crippen LogP contribution in [-0.2, 0) is 23.1 Å². The van der Waals surface area contributed by atoms with Gasteiger partial charge in [-0.3, -0.25) is 4.68 Å². The van der Waals surface area contributed by atoms with Gasteiger partial charge in [0, 0.05) is 38.2 Å². The van der Waals surface area contributed by atoms with Crippen LogP contribution in [-0.4, -0.2) is 50.8 Å². The smallest absolute Gasteiger partial charge is 0.222 e. The number of hydrogen-bond donors (Lipinski definition) is 1. The van der Waals surface area contributed by atoms with Gasteiger partial charge in [0.2, 0.25) is 16.0 Å². The van der Waals surface area contributed by atoms with E-state index in [-0.39, 0.29) is 11.2 Å². The molecule has 9 heteroatoms. The van der Waals surface area contributed by atoms with Crippen molar-refractivity contribution in [2.24, 2.45) is 5.92 Å². The van der Waals surface area contributed by atoms with Gasteiger partial charge in [0.05, 0.1) is 17.5 Å². The van der Waals surface area contributed by atoms with Crippen molar-refractivity contribution < 1.29 is 8.42 Å². The summed E-state index contributed by atoms with van der Waals surface area (Å²) < 4.78 is 29.1. The van der Waals surface area contributed by atoms with Crippen LogP contribution in [0, 0.1) is 5.92 Å². The van der Waals surface area contributed by atoms with Gasteiger partial charge in [0.15, 0.2) is 0 Å². The fourth-order valence-corrected chi connectivity index (χ4v) is 5.11. The zero-order valence-electron chi connectivity index (χ0n) is 14.0. The highest BCUT2D eigenvalue weighted by Gasteiger charge is 2.41. The molecule has 0 amide bonds. The first-order valence-electron chi connectivity index (χ1n) is 8.63. The Balaban J connectivity index is 1.45. The second-order valence-corrected chi connectivity index (χ2v) is 8.91. The molecule has 8 nitrogen and oxygen atoms in total. The van der Waals surface area contributed by atoms with E-state index < -0.39 is 10.0 Å². The number of sulfonamides is 1. The van der Waals surface area contributed by atoms with Gasteiger partial charge in [-0.1, -0.05) is 0 Å². The molecular formula is C16H22N6O2S. The molecule has 1 aliphatic carbocycles. The van der Waals surface area contributed by atoms with E-state index in [4.69, 9.17) is 0 Å². The fraction of sp³-hybridized carbons (Fsp3) is 0.562. The molecule has 3 heterocycles. The van der Waals surface area contributed by atoms with Crippen molar-refractivity contribution >= 4 is 16.0 Å². The highest BCUT2D eigenvalue weighted by atomic mass is 32.2. The summed E-state index contributed by atoms with van der Waals surface area (Å²) in [5, 5.41) is 7.38. The number of anilines is 1. The Morgan fingerprint density at radius 1 is 1.16 bits per heavy atom. The van der Waals surface area contributed by atoms with E-state index in [0.29, 0.717) is 25.6 Å². The molecule has 1 fully saturated rings. The number of nitrogens with zero attached hydrogens (tertiary/aromatic N) is 5. The molecule has 25 heavy (non-hydrogen) atoms. The van der Waals surface area contributed by atoms with Crippen LogP contribution in [0.15, 0.2) is 30.7 Å². The monoisotopic (exact) mass is 362 g/mol. The molecule has 1 aliphatic heterocycles. The Kier molecular flexibility index (Phi) is 4.43. The highest BCUT2D eigenvalue weighted by molar-refractivity contribution is 7.90. The van der Waals surface area contributed by atoms with Crippen LogP contribution in [0.5, 0.6) is 0 Å². The average molecular weight is 362 g/mol. The minimum atomic E-state index is -3.20. The standard InChI is InChI=1S/C16H22N6O2S/c23-25(24,15-2-3-15)21-10-13(11-22-14(12-21)5-9-20-22)4-8-19-16-17-6-1-7-18-16/h1,5-7,9,13,15H,2-4,8,10-12H2,(H,17,18,19)/t13-/m1/s1. The third kappa shape index (κ3) is 3.67. The maximum atomic E-state index is 12.7. The lowest BCUT2D eigenvalue weighted by molar-refractivity contribution is 0.326. The summed E-state index contributed by atoms with van der Waals surface area (Å²) in [6, 6.07) is 3.68. The van der Waals surface area contributed by atoms with E-state index in [1.54, 1.807) is 29.0 Å². The Morgan fingerprint density at radius 3 is 2.72 bits per heavy atom. The minimum Gasteiger partial charge on any atom is -0.354 e. The van der Waals surface area contributed by atoms with Gasteiger partial charge in [-0.2, -0.15) is 9.40 Å². The van der Waals surface area contributed by atoms with E-state index in [9.17, 15) is 8.42 Å². The first kappa shape index (κ1) is 16.5. The van der Waals surface area contributed by atoms with Crippen molar-refractivity contribution in [1.29, 1.82) is 0 Å². The van der Waals surface area contributed by atoms with Crippen molar-refractivity contribution in [3.63, 3.8) is 0 Å². The van der Waals surface area contributed by atoms with Gasteiger partial charge in [-0.05, 0) is 37.3 Å². The minimum absolute atomic E-state index is 0.182. The summed E-state index contributed by atoms with van der Waals surface area (Å²) in [6.07, 6.45) is 7.54. The van der Waals surface area contributed by atoms with Crippen LogP contribution in [0.4, 0.5) is 5.95 Å². The molecular weight excluding hydrogens is 340 g/mol. The Labute approximate surface area is 147 Å². The van der Waals surface area contributed by atoms with Crippen LogP contribution in [0.2, 0.25) is 0 Å².